The largest absolute Gasteiger partial charge is 2.00 e. The SMILES string of the molecule is Cc1ccnc(-c2[c-]nc(C(F)(F)F)nc2)c1.Cc1ccnc(-c2[c-]nc(C(F)(F)F)nc2)c1.Cc1ccnc(-c2[c-]nc(C(F)(F)F)nc2)c1.Cc1ccnc(-c2[c-]nc(C(F)(F)F)nc2)c1.Cc1n[c-]c(-c2cc(C(F)(F)F)ccn2)cn1.FC(F)(F)c1ccnc(-c2[c-]nc(C(F)(F)F)nc2)c1.FC(F)(F)c1n[c-]c(-c2ccccn2)cn1.FC(F)(F)c1n[c-]c(-c2ccccn2)cn1.[Pt+2].[Pt+2].[Pt+2].[Pt+2]. The molecule has 0 saturated carbocycles. The second-order valence-electron chi connectivity index (χ2n) is 26.6. The Morgan fingerprint density at radius 3 is 0.511 bits per heavy atom. The number of halogens is 27. The Balaban J connectivity index is 0.000000283. The van der Waals surface area contributed by atoms with E-state index >= 15 is 0 Å². The maximum Gasteiger partial charge on any atom is 2.00 e. The molecule has 0 radical (unpaired) electrons. The number of hydrogen-bond acceptors (Lipinski definition) is 24. The molecule has 16 rings (SSSR count). The summed E-state index contributed by atoms with van der Waals surface area (Å²) in [5.74, 6) is -8.13. The normalized spacial score (nSPS) is 11.3. The monoisotopic (exact) mass is 2710 g/mol. The third-order valence-electron chi connectivity index (χ3n) is 16.1. The number of aromatic nitrogens is 24. The molecular weight excluding hydrogens is 2660 g/mol. The van der Waals surface area contributed by atoms with E-state index in [0.717, 1.165) is 96.2 Å². The van der Waals surface area contributed by atoms with Crippen molar-refractivity contribution < 1.29 is 203 Å². The summed E-state index contributed by atoms with van der Waals surface area (Å²) in [6.45, 7) is 9.10. The minimum absolute atomic E-state index is 0. The smallest absolute Gasteiger partial charge is 0.338 e. The van der Waals surface area contributed by atoms with E-state index in [4.69, 9.17) is 0 Å². The average molecular weight is 2710 g/mol. The Kier molecular flexibility index (Phi) is 43.4. The summed E-state index contributed by atoms with van der Waals surface area (Å²) >= 11 is 0. The van der Waals surface area contributed by atoms with E-state index in [1.165, 1.54) is 18.6 Å². The standard InChI is InChI=1S/C11H4F6N3.5C11H7F3N3.2C10H5F3N3.4Pt/c12-10(13,14)7-1-2-18-8(3-7)6-4-19-9(20-5-6)11(15,16)17;1-7-16-5-8(6-17-7)10-4-9(2-3-15-10)11(12,13)14;4*1-7-2-3-15-9(4-7)8-5-16-10(17-6-8)11(12,13)14;2*11-10(12,13)9-15-5-7(6-16-9)8-3-1-2-4-14-8;;;;/h1-4H;5*2-5H,1H3;2*1-5H;;;;/q8*-1;4*+2. The van der Waals surface area contributed by atoms with Crippen molar-refractivity contribution in [1.29, 1.82) is 0 Å². The molecule has 141 heavy (non-hydrogen) atoms. The maximum absolute atomic E-state index is 12.5. The van der Waals surface area contributed by atoms with Gasteiger partial charge in [0, 0.05) is 66.5 Å². The van der Waals surface area contributed by atoms with Gasteiger partial charge in [0.05, 0.1) is 0 Å². The van der Waals surface area contributed by atoms with Crippen molar-refractivity contribution in [3.05, 3.63) is 338 Å². The van der Waals surface area contributed by atoms with Gasteiger partial charge in [-0.1, -0.05) is 177 Å². The Morgan fingerprint density at radius 1 is 0.177 bits per heavy atom. The molecule has 0 atom stereocenters. The predicted molar refractivity (Wildman–Crippen MR) is 421 cm³/mol. The summed E-state index contributed by atoms with van der Waals surface area (Å²) in [6, 6.07) is 27.5. The fourth-order valence-corrected chi connectivity index (χ4v) is 9.66. The molecule has 0 amide bonds. The molecule has 0 aliphatic heterocycles. The van der Waals surface area contributed by atoms with Crippen molar-refractivity contribution in [2.24, 2.45) is 0 Å². The average Bonchev–Trinajstić information content (AvgIpc) is 0.813. The molecule has 0 aliphatic rings. The molecule has 0 bridgehead atoms. The molecule has 0 unspecified atom stereocenters. The van der Waals surface area contributed by atoms with E-state index in [0.29, 0.717) is 85.0 Å². The third-order valence-corrected chi connectivity index (χ3v) is 16.1. The van der Waals surface area contributed by atoms with Gasteiger partial charge >= 0.3 is 140 Å². The molecule has 742 valence electrons. The van der Waals surface area contributed by atoms with Crippen LogP contribution in [0.15, 0.2) is 208 Å². The molecule has 16 aromatic heterocycles. The molecule has 0 saturated heterocycles. The minimum Gasteiger partial charge on any atom is -0.338 e. The first kappa shape index (κ1) is 118. The van der Waals surface area contributed by atoms with Crippen LogP contribution in [0.4, 0.5) is 119 Å². The van der Waals surface area contributed by atoms with Crippen molar-refractivity contribution in [2.75, 3.05) is 0 Å². The Hall–Kier alpha value is -13.3. The second-order valence-corrected chi connectivity index (χ2v) is 26.6. The zero-order valence-electron chi connectivity index (χ0n) is 70.3. The van der Waals surface area contributed by atoms with Crippen molar-refractivity contribution >= 4 is 0 Å². The fraction of sp³-hybridized carbons (Fsp3) is 0.163. The van der Waals surface area contributed by atoms with Gasteiger partial charge in [-0.2, -0.15) is 119 Å². The summed E-state index contributed by atoms with van der Waals surface area (Å²) in [4.78, 5) is 83.3. The quantitative estimate of drug-likeness (QED) is 0.101. The van der Waals surface area contributed by atoms with Crippen LogP contribution in [0.2, 0.25) is 0 Å². The molecule has 0 N–H and O–H groups in total. The van der Waals surface area contributed by atoms with Gasteiger partial charge in [-0.3, -0.25) is 0 Å². The van der Waals surface area contributed by atoms with E-state index < -0.39 is 107 Å². The number of pyridine rings is 8. The van der Waals surface area contributed by atoms with Crippen LogP contribution in [-0.2, 0) is 140 Å². The van der Waals surface area contributed by atoms with E-state index in [1.807, 2.05) is 33.9 Å². The van der Waals surface area contributed by atoms with Crippen LogP contribution in [0.25, 0.3) is 90.1 Å². The van der Waals surface area contributed by atoms with E-state index in [-0.39, 0.29) is 101 Å². The first-order valence-corrected chi connectivity index (χ1v) is 37.2. The second kappa shape index (κ2) is 51.7. The number of alkyl halides is 27. The van der Waals surface area contributed by atoms with Gasteiger partial charge in [0.2, 0.25) is 0 Å². The van der Waals surface area contributed by atoms with Crippen molar-refractivity contribution in [1.82, 2.24) is 120 Å². The Bertz CT molecular complexity index is 6050. The minimum atomic E-state index is -4.74. The fourth-order valence-electron chi connectivity index (χ4n) is 9.66. The molecule has 0 spiro atoms. The van der Waals surface area contributed by atoms with Crippen molar-refractivity contribution in [2.45, 2.75) is 90.2 Å². The van der Waals surface area contributed by atoms with Crippen LogP contribution in [0.1, 0.15) is 80.0 Å². The summed E-state index contributed by atoms with van der Waals surface area (Å²) in [5, 5.41) is 0. The molecule has 0 aliphatic carbocycles. The molecule has 16 aromatic rings. The van der Waals surface area contributed by atoms with Crippen LogP contribution in [0.5, 0.6) is 0 Å². The van der Waals surface area contributed by atoms with E-state index in [2.05, 4.69) is 163 Å². The topological polar surface area (TPSA) is 309 Å². The number of rotatable bonds is 8. The molecule has 55 heteroatoms. The maximum atomic E-state index is 12.5. The number of nitrogens with zero attached hydrogens (tertiary/aromatic N) is 24. The third kappa shape index (κ3) is 37.7. The van der Waals surface area contributed by atoms with Crippen molar-refractivity contribution in [3.8, 4) is 90.1 Å². The summed E-state index contributed by atoms with van der Waals surface area (Å²) in [6.07, 6.45) is -2.91. The number of hydrogen-bond donors (Lipinski definition) is 0. The predicted octanol–water partition coefficient (Wildman–Crippen LogP) is 21.4. The van der Waals surface area contributed by atoms with Crippen LogP contribution in [0, 0.1) is 84.2 Å². The molecule has 16 heterocycles. The van der Waals surface area contributed by atoms with Gasteiger partial charge in [0.15, 0.2) is 0 Å². The first-order valence-electron chi connectivity index (χ1n) is 37.2. The van der Waals surface area contributed by atoms with Crippen LogP contribution < -0.4 is 0 Å². The Morgan fingerprint density at radius 2 is 0.355 bits per heavy atom. The van der Waals surface area contributed by atoms with Crippen molar-refractivity contribution in [3.63, 3.8) is 0 Å². The van der Waals surface area contributed by atoms with Gasteiger partial charge in [0.1, 0.15) is 40.8 Å². The van der Waals surface area contributed by atoms with Gasteiger partial charge < -0.3 is 120 Å². The first-order chi connectivity index (χ1) is 64.1. The van der Waals surface area contributed by atoms with Gasteiger partial charge in [-0.25, -0.2) is 0 Å². The van der Waals surface area contributed by atoms with E-state index in [9.17, 15) is 119 Å². The molecule has 0 fully saturated rings. The molecular formula is C86H49F27N24Pt4. The number of aryl methyl sites for hydroxylation is 5. The van der Waals surface area contributed by atoms with E-state index in [1.54, 1.807) is 117 Å². The zero-order chi connectivity index (χ0) is 100. The summed E-state index contributed by atoms with van der Waals surface area (Å²) in [5.41, 5.74) is 7.13. The molecule has 24 nitrogen and oxygen atoms in total. The van der Waals surface area contributed by atoms with Crippen LogP contribution in [0.3, 0.4) is 0 Å². The zero-order valence-corrected chi connectivity index (χ0v) is 79.4. The Labute approximate surface area is 835 Å². The van der Waals surface area contributed by atoms with Crippen LogP contribution >= 0.6 is 0 Å². The summed E-state index contributed by atoms with van der Waals surface area (Å²) < 4.78 is 331. The van der Waals surface area contributed by atoms with Crippen LogP contribution in [-0.4, -0.2) is 120 Å². The van der Waals surface area contributed by atoms with Gasteiger partial charge in [0.25, 0.3) is 0 Å². The summed E-state index contributed by atoms with van der Waals surface area (Å²) in [7, 11) is 0. The van der Waals surface area contributed by atoms with Gasteiger partial charge in [-0.15, -0.1) is 0 Å². The molecule has 0 aromatic carbocycles. The van der Waals surface area contributed by atoms with Gasteiger partial charge in [-0.05, 0) is 178 Å².